The largest absolute Gasteiger partial charge is 0.389 e. The average Bonchev–Trinajstić information content (AvgIpc) is 2.05. The van der Waals surface area contributed by atoms with Gasteiger partial charge in [0.25, 0.3) is 0 Å². The molecular weight excluding hydrogens is 146 g/mol. The lowest BCUT2D eigenvalue weighted by Crippen LogP contribution is -2.16. The summed E-state index contributed by atoms with van der Waals surface area (Å²) in [6.07, 6.45) is 11.6. The van der Waals surface area contributed by atoms with Crippen molar-refractivity contribution in [2.45, 2.75) is 52.0 Å². The van der Waals surface area contributed by atoms with Crippen molar-refractivity contribution in [2.75, 3.05) is 0 Å². The monoisotopic (exact) mass is 167 g/mol. The molecule has 12 heavy (non-hydrogen) atoms. The molecule has 1 heteroatoms. The molecule has 0 atom stereocenters. The summed E-state index contributed by atoms with van der Waals surface area (Å²) in [4.78, 5) is 0. The van der Waals surface area contributed by atoms with Crippen molar-refractivity contribution < 1.29 is 0 Å². The Labute approximate surface area is 76.2 Å². The van der Waals surface area contributed by atoms with Gasteiger partial charge in [0.2, 0.25) is 0 Å². The molecule has 1 aliphatic rings. The lowest BCUT2D eigenvalue weighted by atomic mass is 9.89. The maximum atomic E-state index is 3.31. The van der Waals surface area contributed by atoms with Gasteiger partial charge in [0, 0.05) is 6.04 Å². The van der Waals surface area contributed by atoms with E-state index in [0.717, 1.165) is 5.92 Å². The third kappa shape index (κ3) is 3.80. The van der Waals surface area contributed by atoms with Crippen LogP contribution in [-0.2, 0) is 0 Å². The molecule has 0 aromatic heterocycles. The van der Waals surface area contributed by atoms with Crippen LogP contribution < -0.4 is 5.32 Å². The van der Waals surface area contributed by atoms with Crippen LogP contribution in [0.1, 0.15) is 46.0 Å². The summed E-state index contributed by atoms with van der Waals surface area (Å²) in [7, 11) is 0. The van der Waals surface area contributed by atoms with Crippen LogP contribution in [0.4, 0.5) is 0 Å². The van der Waals surface area contributed by atoms with Crippen molar-refractivity contribution in [3.8, 4) is 0 Å². The second-order valence-corrected chi connectivity index (χ2v) is 4.08. The van der Waals surface area contributed by atoms with Crippen molar-refractivity contribution in [1.29, 1.82) is 0 Å². The van der Waals surface area contributed by atoms with Gasteiger partial charge in [0.05, 0.1) is 0 Å². The van der Waals surface area contributed by atoms with Crippen LogP contribution >= 0.6 is 0 Å². The minimum atomic E-state index is 0.574. The molecule has 70 valence electrons. The van der Waals surface area contributed by atoms with Crippen LogP contribution in [0.2, 0.25) is 0 Å². The Morgan fingerprint density at radius 2 is 1.83 bits per heavy atom. The van der Waals surface area contributed by atoms with E-state index < -0.39 is 0 Å². The smallest absolute Gasteiger partial charge is 0.0199 e. The molecule has 1 fully saturated rings. The predicted molar refractivity (Wildman–Crippen MR) is 54.0 cm³/mol. The number of allylic oxidation sites excluding steroid dienone is 1. The minimum Gasteiger partial charge on any atom is -0.389 e. The van der Waals surface area contributed by atoms with Crippen LogP contribution in [0.15, 0.2) is 12.3 Å². The van der Waals surface area contributed by atoms with Crippen molar-refractivity contribution in [1.82, 2.24) is 5.32 Å². The third-order valence-electron chi connectivity index (χ3n) is 2.45. The lowest BCUT2D eigenvalue weighted by Gasteiger charge is -2.17. The Morgan fingerprint density at radius 1 is 1.17 bits per heavy atom. The van der Waals surface area contributed by atoms with E-state index in [1.807, 2.05) is 0 Å². The quantitative estimate of drug-likeness (QED) is 0.681. The van der Waals surface area contributed by atoms with E-state index in [-0.39, 0.29) is 0 Å². The Bertz CT molecular complexity index is 132. The number of rotatable bonds is 3. The predicted octanol–water partition coefficient (Wildman–Crippen LogP) is 3.08. The summed E-state index contributed by atoms with van der Waals surface area (Å²) in [6, 6.07) is 0.574. The highest BCUT2D eigenvalue weighted by Crippen LogP contribution is 2.24. The van der Waals surface area contributed by atoms with Crippen LogP contribution in [0.3, 0.4) is 0 Å². The number of nitrogens with one attached hydrogen (secondary N) is 1. The zero-order valence-electron chi connectivity index (χ0n) is 8.34. The van der Waals surface area contributed by atoms with Gasteiger partial charge in [0.1, 0.15) is 0 Å². The molecule has 0 aromatic rings. The molecule has 1 saturated carbocycles. The third-order valence-corrected chi connectivity index (χ3v) is 2.45. The molecule has 0 bridgehead atoms. The zero-order valence-corrected chi connectivity index (χ0v) is 8.34. The molecule has 0 aromatic carbocycles. The Balaban J connectivity index is 2.15. The topological polar surface area (TPSA) is 12.0 Å². The van der Waals surface area contributed by atoms with Crippen molar-refractivity contribution in [2.24, 2.45) is 5.92 Å². The first-order chi connectivity index (χ1) is 5.79. The normalized spacial score (nSPS) is 20.6. The van der Waals surface area contributed by atoms with Crippen LogP contribution in [0.25, 0.3) is 0 Å². The first-order valence-corrected chi connectivity index (χ1v) is 5.22. The lowest BCUT2D eigenvalue weighted by molar-refractivity contribution is 0.418. The maximum Gasteiger partial charge on any atom is 0.0199 e. The molecular formula is C11H21N. The van der Waals surface area contributed by atoms with E-state index in [9.17, 15) is 0 Å². The first kappa shape index (κ1) is 9.63. The second-order valence-electron chi connectivity index (χ2n) is 4.08. The molecule has 0 heterocycles. The summed E-state index contributed by atoms with van der Waals surface area (Å²) in [5.41, 5.74) is 0. The van der Waals surface area contributed by atoms with Gasteiger partial charge in [-0.3, -0.25) is 0 Å². The van der Waals surface area contributed by atoms with E-state index in [4.69, 9.17) is 0 Å². The molecule has 0 unspecified atom stereocenters. The standard InChI is InChI=1S/C11H21N/c1-10(2)12-9-8-11-6-4-3-5-7-11/h8-12H,3-7H2,1-2H3. The van der Waals surface area contributed by atoms with Gasteiger partial charge in [0.15, 0.2) is 0 Å². The van der Waals surface area contributed by atoms with E-state index in [1.54, 1.807) is 0 Å². The highest BCUT2D eigenvalue weighted by molar-refractivity contribution is 4.88. The zero-order chi connectivity index (χ0) is 8.81. The molecule has 1 rings (SSSR count). The summed E-state index contributed by atoms with van der Waals surface area (Å²) in [5.74, 6) is 0.852. The molecule has 0 radical (unpaired) electrons. The molecule has 1 N–H and O–H groups in total. The summed E-state index contributed by atoms with van der Waals surface area (Å²) < 4.78 is 0. The summed E-state index contributed by atoms with van der Waals surface area (Å²) in [6.45, 7) is 4.34. The fraction of sp³-hybridized carbons (Fsp3) is 0.818. The van der Waals surface area contributed by atoms with Crippen molar-refractivity contribution in [3.05, 3.63) is 12.3 Å². The summed E-state index contributed by atoms with van der Waals surface area (Å²) in [5, 5.41) is 3.31. The Morgan fingerprint density at radius 3 is 2.42 bits per heavy atom. The van der Waals surface area contributed by atoms with Crippen molar-refractivity contribution in [3.63, 3.8) is 0 Å². The second kappa shape index (κ2) is 5.23. The van der Waals surface area contributed by atoms with E-state index >= 15 is 0 Å². The Hall–Kier alpha value is -0.460. The highest BCUT2D eigenvalue weighted by Gasteiger charge is 2.09. The fourth-order valence-corrected chi connectivity index (χ4v) is 1.71. The van der Waals surface area contributed by atoms with Gasteiger partial charge in [-0.25, -0.2) is 0 Å². The molecule has 0 aliphatic heterocycles. The van der Waals surface area contributed by atoms with E-state index in [1.165, 1.54) is 32.1 Å². The maximum absolute atomic E-state index is 3.31. The highest BCUT2D eigenvalue weighted by atomic mass is 14.9. The molecule has 0 amide bonds. The van der Waals surface area contributed by atoms with Crippen LogP contribution in [-0.4, -0.2) is 6.04 Å². The van der Waals surface area contributed by atoms with Crippen LogP contribution in [0.5, 0.6) is 0 Å². The van der Waals surface area contributed by atoms with Gasteiger partial charge in [-0.2, -0.15) is 0 Å². The number of hydrogen-bond donors (Lipinski definition) is 1. The van der Waals surface area contributed by atoms with Gasteiger partial charge < -0.3 is 5.32 Å². The van der Waals surface area contributed by atoms with E-state index in [2.05, 4.69) is 31.4 Å². The van der Waals surface area contributed by atoms with Crippen LogP contribution in [0, 0.1) is 5.92 Å². The average molecular weight is 167 g/mol. The van der Waals surface area contributed by atoms with Gasteiger partial charge >= 0.3 is 0 Å². The van der Waals surface area contributed by atoms with Gasteiger partial charge in [-0.05, 0) is 38.8 Å². The minimum absolute atomic E-state index is 0.574. The molecule has 1 aliphatic carbocycles. The van der Waals surface area contributed by atoms with Gasteiger partial charge in [-0.15, -0.1) is 0 Å². The Kier molecular flexibility index (Phi) is 4.20. The first-order valence-electron chi connectivity index (χ1n) is 5.22. The van der Waals surface area contributed by atoms with E-state index in [0.29, 0.717) is 6.04 Å². The van der Waals surface area contributed by atoms with Gasteiger partial charge in [-0.1, -0.05) is 25.3 Å². The fourth-order valence-electron chi connectivity index (χ4n) is 1.71. The van der Waals surface area contributed by atoms with Crippen molar-refractivity contribution >= 4 is 0 Å². The summed E-state index contributed by atoms with van der Waals surface area (Å²) >= 11 is 0. The molecule has 1 nitrogen and oxygen atoms in total. The number of hydrogen-bond acceptors (Lipinski definition) is 1. The molecule has 0 spiro atoms. The molecule has 0 saturated heterocycles. The SMILES string of the molecule is CC(C)NC=CC1CCCCC1.